The molecule has 1 aromatic rings. The second-order valence-electron chi connectivity index (χ2n) is 1.76. The quantitative estimate of drug-likeness (QED) is 0.275. The number of anilines is 1. The summed E-state index contributed by atoms with van der Waals surface area (Å²) in [5.74, 6) is -1.25. The second-order valence-corrected chi connectivity index (χ2v) is 2.12. The molecule has 0 radical (unpaired) electrons. The molecular formula is C5H4N3NaO2S. The Morgan fingerprint density at radius 3 is 2.67 bits per heavy atom. The Bertz CT molecular complexity index is 307. The predicted molar refractivity (Wildman–Crippen MR) is 39.0 cm³/mol. The first kappa shape index (κ1) is 11.6. The fraction of sp³-hybridized carbons (Fsp3) is 0. The van der Waals surface area contributed by atoms with Crippen LogP contribution >= 0.6 is 0 Å². The third-order valence-corrected chi connectivity index (χ3v) is 1.22. The van der Waals surface area contributed by atoms with E-state index in [4.69, 9.17) is 10.8 Å². The molecule has 5 nitrogen and oxygen atoms in total. The Hall–Kier alpha value is -0.430. The Labute approximate surface area is 96.1 Å². The summed E-state index contributed by atoms with van der Waals surface area (Å²) in [6, 6.07) is 0. The predicted octanol–water partition coefficient (Wildman–Crippen LogP) is -3.33. The van der Waals surface area contributed by atoms with E-state index in [9.17, 15) is 4.79 Å². The van der Waals surface area contributed by atoms with E-state index in [1.807, 2.05) is 0 Å². The zero-order valence-electron chi connectivity index (χ0n) is 6.31. The fourth-order valence-corrected chi connectivity index (χ4v) is 0.694. The third-order valence-electron chi connectivity index (χ3n) is 1.03. The van der Waals surface area contributed by atoms with Crippen LogP contribution in [0.5, 0.6) is 0 Å². The standard InChI is InChI=1S/C5H5N3O2S.Na/c6-3-2(4(9)10)1-7-5(11)8-3;/h1H,(H,9,10)(H3,6,7,8,11);/q;+1/p-1. The number of hydrogen-bond donors (Lipinski definition) is 2. The molecule has 0 aliphatic rings. The molecule has 0 saturated carbocycles. The fourth-order valence-electron chi connectivity index (χ4n) is 0.543. The van der Waals surface area contributed by atoms with Crippen LogP contribution in [0.25, 0.3) is 0 Å². The molecule has 0 aliphatic heterocycles. The van der Waals surface area contributed by atoms with Crippen LogP contribution in [-0.4, -0.2) is 21.0 Å². The first-order valence-electron chi connectivity index (χ1n) is 2.64. The topological polar surface area (TPSA) is 89.1 Å². The van der Waals surface area contributed by atoms with Crippen molar-refractivity contribution in [1.29, 1.82) is 0 Å². The van der Waals surface area contributed by atoms with Crippen molar-refractivity contribution >= 4 is 24.4 Å². The molecule has 0 unspecified atom stereocenters. The summed E-state index contributed by atoms with van der Waals surface area (Å²) in [6.45, 7) is 0. The SMILES string of the molecule is Nc1nc([S-])ncc1C(=O)O.[Na+]. The summed E-state index contributed by atoms with van der Waals surface area (Å²) in [6.07, 6.45) is 1.09. The smallest absolute Gasteiger partial charge is 0.740 e. The van der Waals surface area contributed by atoms with Crippen LogP contribution in [0.2, 0.25) is 0 Å². The number of aromatic carboxylic acids is 1. The van der Waals surface area contributed by atoms with Crippen molar-refractivity contribution in [3.63, 3.8) is 0 Å². The molecule has 0 aromatic carbocycles. The van der Waals surface area contributed by atoms with Gasteiger partial charge in [-0.3, -0.25) is 4.98 Å². The Kier molecular flexibility index (Phi) is 4.40. The van der Waals surface area contributed by atoms with Crippen LogP contribution < -0.4 is 35.3 Å². The molecule has 58 valence electrons. The molecule has 7 heteroatoms. The molecule has 3 N–H and O–H groups in total. The number of rotatable bonds is 1. The van der Waals surface area contributed by atoms with Gasteiger partial charge in [-0.25, -0.2) is 9.78 Å². The van der Waals surface area contributed by atoms with Gasteiger partial charge < -0.3 is 23.5 Å². The molecule has 0 bridgehead atoms. The van der Waals surface area contributed by atoms with E-state index >= 15 is 0 Å². The van der Waals surface area contributed by atoms with Gasteiger partial charge >= 0.3 is 35.5 Å². The minimum atomic E-state index is -1.16. The third kappa shape index (κ3) is 2.56. The monoisotopic (exact) mass is 193 g/mol. The van der Waals surface area contributed by atoms with Gasteiger partial charge in [0.15, 0.2) is 0 Å². The molecule has 0 amide bonds. The maximum absolute atomic E-state index is 10.3. The minimum absolute atomic E-state index is 0. The van der Waals surface area contributed by atoms with E-state index in [1.165, 1.54) is 0 Å². The molecule has 1 heterocycles. The van der Waals surface area contributed by atoms with Crippen molar-refractivity contribution in [2.24, 2.45) is 0 Å². The van der Waals surface area contributed by atoms with Gasteiger partial charge in [0, 0.05) is 11.4 Å². The molecule has 1 rings (SSSR count). The molecule has 0 atom stereocenters. The van der Waals surface area contributed by atoms with Crippen LogP contribution in [0.3, 0.4) is 0 Å². The number of aromatic nitrogens is 2. The van der Waals surface area contributed by atoms with Gasteiger partial charge in [0.05, 0.1) is 0 Å². The van der Waals surface area contributed by atoms with Gasteiger partial charge in [0.1, 0.15) is 11.4 Å². The summed E-state index contributed by atoms with van der Waals surface area (Å²) < 4.78 is 0. The zero-order chi connectivity index (χ0) is 8.43. The number of carbonyl (C=O) groups is 1. The largest absolute Gasteiger partial charge is 1.00 e. The van der Waals surface area contributed by atoms with E-state index in [0.29, 0.717) is 0 Å². The van der Waals surface area contributed by atoms with Gasteiger partial charge in [-0.05, 0) is 0 Å². The Balaban J connectivity index is 0.00000121. The van der Waals surface area contributed by atoms with Crippen LogP contribution in [-0.2, 0) is 12.6 Å². The molecular weight excluding hydrogens is 189 g/mol. The zero-order valence-corrected chi connectivity index (χ0v) is 9.13. The van der Waals surface area contributed by atoms with Gasteiger partial charge in [0.25, 0.3) is 0 Å². The average Bonchev–Trinajstić information content (AvgIpc) is 1.85. The number of carboxylic acid groups (broad SMARTS) is 1. The number of nitrogens with two attached hydrogens (primary N) is 1. The van der Waals surface area contributed by atoms with E-state index in [0.717, 1.165) is 6.20 Å². The molecule has 1 aromatic heterocycles. The summed E-state index contributed by atoms with van der Waals surface area (Å²) in [5, 5.41) is 8.51. The van der Waals surface area contributed by atoms with Crippen LogP contribution in [0.15, 0.2) is 11.4 Å². The van der Waals surface area contributed by atoms with Crippen LogP contribution in [0.1, 0.15) is 10.4 Å². The van der Waals surface area contributed by atoms with E-state index in [2.05, 4.69) is 22.6 Å². The summed E-state index contributed by atoms with van der Waals surface area (Å²) >= 11 is 4.55. The van der Waals surface area contributed by atoms with Crippen molar-refractivity contribution in [2.75, 3.05) is 5.73 Å². The van der Waals surface area contributed by atoms with Gasteiger partial charge in [-0.15, -0.1) is 0 Å². The van der Waals surface area contributed by atoms with Crippen molar-refractivity contribution in [2.45, 2.75) is 5.16 Å². The average molecular weight is 193 g/mol. The van der Waals surface area contributed by atoms with Crippen molar-refractivity contribution in [3.8, 4) is 0 Å². The number of hydrogen-bond acceptors (Lipinski definition) is 5. The normalized spacial score (nSPS) is 8.67. The van der Waals surface area contributed by atoms with E-state index in [-0.39, 0.29) is 46.1 Å². The van der Waals surface area contributed by atoms with Gasteiger partial charge in [-0.1, -0.05) is 0 Å². The van der Waals surface area contributed by atoms with Gasteiger partial charge in [-0.2, -0.15) is 0 Å². The maximum atomic E-state index is 10.3. The number of carboxylic acids is 1. The van der Waals surface area contributed by atoms with Crippen LogP contribution in [0, 0.1) is 0 Å². The molecule has 12 heavy (non-hydrogen) atoms. The first-order chi connectivity index (χ1) is 5.11. The number of nitrogen functional groups attached to an aromatic ring is 1. The minimum Gasteiger partial charge on any atom is -0.740 e. The van der Waals surface area contributed by atoms with Crippen molar-refractivity contribution < 1.29 is 39.5 Å². The molecule has 0 aliphatic carbocycles. The second kappa shape index (κ2) is 4.56. The van der Waals surface area contributed by atoms with Crippen molar-refractivity contribution in [1.82, 2.24) is 9.97 Å². The summed E-state index contributed by atoms with van der Waals surface area (Å²) in [5.41, 5.74) is 5.10. The van der Waals surface area contributed by atoms with E-state index < -0.39 is 5.97 Å². The maximum Gasteiger partial charge on any atom is 1.00 e. The Morgan fingerprint density at radius 1 is 1.67 bits per heavy atom. The summed E-state index contributed by atoms with van der Waals surface area (Å²) in [4.78, 5) is 17.3. The van der Waals surface area contributed by atoms with Gasteiger partial charge in [0.2, 0.25) is 0 Å². The van der Waals surface area contributed by atoms with E-state index in [1.54, 1.807) is 0 Å². The van der Waals surface area contributed by atoms with Crippen LogP contribution in [0.4, 0.5) is 5.82 Å². The number of nitrogens with zero attached hydrogens (tertiary/aromatic N) is 2. The summed E-state index contributed by atoms with van der Waals surface area (Å²) in [7, 11) is 0. The molecule has 0 saturated heterocycles. The van der Waals surface area contributed by atoms with Crippen molar-refractivity contribution in [3.05, 3.63) is 11.8 Å². The molecule has 0 fully saturated rings. The first-order valence-corrected chi connectivity index (χ1v) is 3.05. The Morgan fingerprint density at radius 2 is 2.25 bits per heavy atom. The molecule has 0 spiro atoms.